The average Bonchev–Trinajstić information content (AvgIpc) is 2.53. The maximum absolute atomic E-state index is 13.1. The van der Waals surface area contributed by atoms with E-state index in [2.05, 4.69) is 21.2 Å². The third kappa shape index (κ3) is 5.45. The summed E-state index contributed by atoms with van der Waals surface area (Å²) >= 11 is 9.49. The lowest BCUT2D eigenvalue weighted by Crippen LogP contribution is -2.42. The first-order chi connectivity index (χ1) is 11.3. The van der Waals surface area contributed by atoms with Crippen LogP contribution >= 0.6 is 27.5 Å². The number of hydrogen-bond donors (Lipinski definition) is 2. The van der Waals surface area contributed by atoms with Crippen molar-refractivity contribution in [3.63, 3.8) is 0 Å². The van der Waals surface area contributed by atoms with E-state index < -0.39 is 0 Å². The van der Waals surface area contributed by atoms with Crippen molar-refractivity contribution in [1.82, 2.24) is 5.32 Å². The molecule has 2 N–H and O–H groups in total. The number of nitrogens with one attached hydrogen (secondary N) is 1. The van der Waals surface area contributed by atoms with Crippen LogP contribution in [0.4, 0.5) is 4.39 Å². The highest BCUT2D eigenvalue weighted by Gasteiger charge is 2.16. The van der Waals surface area contributed by atoms with Gasteiger partial charge in [-0.1, -0.05) is 33.6 Å². The Labute approximate surface area is 154 Å². The van der Waals surface area contributed by atoms with Gasteiger partial charge in [-0.05, 0) is 44.2 Å². The summed E-state index contributed by atoms with van der Waals surface area (Å²) in [5.41, 5.74) is 1.28. The molecule has 2 aromatic carbocycles. The fourth-order valence-electron chi connectivity index (χ4n) is 2.01. The number of rotatable bonds is 7. The molecule has 0 unspecified atom stereocenters. The Morgan fingerprint density at radius 2 is 1.96 bits per heavy atom. The monoisotopic (exact) mass is 415 g/mol. The van der Waals surface area contributed by atoms with Gasteiger partial charge in [0.15, 0.2) is 0 Å². The maximum Gasteiger partial charge on any atom is 0.124 e. The van der Waals surface area contributed by atoms with Gasteiger partial charge in [0.2, 0.25) is 0 Å². The van der Waals surface area contributed by atoms with Crippen LogP contribution in [-0.4, -0.2) is 17.3 Å². The van der Waals surface area contributed by atoms with Crippen molar-refractivity contribution in [3.05, 3.63) is 62.8 Å². The lowest BCUT2D eigenvalue weighted by Gasteiger charge is -2.24. The second-order valence-corrected chi connectivity index (χ2v) is 7.49. The van der Waals surface area contributed by atoms with E-state index in [0.717, 1.165) is 15.6 Å². The summed E-state index contributed by atoms with van der Waals surface area (Å²) in [6.07, 6.45) is 0. The number of halogens is 3. The molecule has 0 heterocycles. The Morgan fingerprint density at radius 3 is 2.62 bits per heavy atom. The normalized spacial score (nSPS) is 11.6. The van der Waals surface area contributed by atoms with Gasteiger partial charge in [0.1, 0.15) is 18.2 Å². The highest BCUT2D eigenvalue weighted by molar-refractivity contribution is 9.10. The molecule has 130 valence electrons. The average molecular weight is 417 g/mol. The minimum Gasteiger partial charge on any atom is -0.489 e. The van der Waals surface area contributed by atoms with E-state index in [0.29, 0.717) is 17.3 Å². The van der Waals surface area contributed by atoms with Crippen molar-refractivity contribution in [3.8, 4) is 5.75 Å². The molecule has 0 atom stereocenters. The highest BCUT2D eigenvalue weighted by Crippen LogP contribution is 2.26. The van der Waals surface area contributed by atoms with Crippen molar-refractivity contribution in [2.75, 3.05) is 6.61 Å². The largest absolute Gasteiger partial charge is 0.489 e. The zero-order valence-electron chi connectivity index (χ0n) is 13.6. The van der Waals surface area contributed by atoms with Gasteiger partial charge >= 0.3 is 0 Å². The third-order valence-electron chi connectivity index (χ3n) is 3.57. The molecule has 0 saturated heterocycles. The summed E-state index contributed by atoms with van der Waals surface area (Å²) in [6, 6.07) is 9.96. The number of aliphatic hydroxyl groups excluding tert-OH is 1. The smallest absolute Gasteiger partial charge is 0.124 e. The quantitative estimate of drug-likeness (QED) is 0.688. The molecule has 6 heteroatoms. The van der Waals surface area contributed by atoms with E-state index in [1.807, 2.05) is 32.0 Å². The molecule has 0 fully saturated rings. The third-order valence-corrected chi connectivity index (χ3v) is 4.42. The van der Waals surface area contributed by atoms with Crippen LogP contribution in [0, 0.1) is 5.82 Å². The minimum atomic E-state index is -0.389. The molecule has 0 aliphatic rings. The molecule has 2 aromatic rings. The molecular weight excluding hydrogens is 397 g/mol. The van der Waals surface area contributed by atoms with Crippen LogP contribution < -0.4 is 10.1 Å². The zero-order chi connectivity index (χ0) is 17.7. The number of hydrogen-bond acceptors (Lipinski definition) is 3. The summed E-state index contributed by atoms with van der Waals surface area (Å²) in [6.45, 7) is 4.66. The number of ether oxygens (including phenoxy) is 1. The Hall–Kier alpha value is -1.14. The molecule has 0 aliphatic heterocycles. The molecule has 2 rings (SSSR count). The first kappa shape index (κ1) is 19.2. The Balaban J connectivity index is 2.12. The Bertz CT molecular complexity index is 709. The summed E-state index contributed by atoms with van der Waals surface area (Å²) in [7, 11) is 0. The predicted octanol–water partition coefficient (Wildman–Crippen LogP) is 4.68. The van der Waals surface area contributed by atoms with Crippen molar-refractivity contribution in [1.29, 1.82) is 0 Å². The zero-order valence-corrected chi connectivity index (χ0v) is 15.9. The lowest BCUT2D eigenvalue weighted by molar-refractivity contribution is 0.186. The van der Waals surface area contributed by atoms with Crippen LogP contribution in [0.2, 0.25) is 5.02 Å². The fourth-order valence-corrected chi connectivity index (χ4v) is 2.64. The summed E-state index contributed by atoms with van der Waals surface area (Å²) in [5, 5.41) is 13.0. The van der Waals surface area contributed by atoms with Gasteiger partial charge in [0.25, 0.3) is 0 Å². The molecule has 0 amide bonds. The van der Waals surface area contributed by atoms with Crippen LogP contribution in [0.25, 0.3) is 0 Å². The topological polar surface area (TPSA) is 41.5 Å². The molecule has 0 spiro atoms. The lowest BCUT2D eigenvalue weighted by atomic mass is 10.1. The molecule has 0 bridgehead atoms. The van der Waals surface area contributed by atoms with Crippen LogP contribution in [0.5, 0.6) is 5.75 Å². The second-order valence-electron chi connectivity index (χ2n) is 6.17. The van der Waals surface area contributed by atoms with Crippen molar-refractivity contribution >= 4 is 27.5 Å². The van der Waals surface area contributed by atoms with E-state index >= 15 is 0 Å². The maximum atomic E-state index is 13.1. The van der Waals surface area contributed by atoms with Crippen LogP contribution in [0.15, 0.2) is 40.9 Å². The molecule has 0 aliphatic carbocycles. The summed E-state index contributed by atoms with van der Waals surface area (Å²) < 4.78 is 19.9. The van der Waals surface area contributed by atoms with Crippen molar-refractivity contribution < 1.29 is 14.2 Å². The first-order valence-corrected chi connectivity index (χ1v) is 8.69. The van der Waals surface area contributed by atoms with Crippen molar-refractivity contribution in [2.45, 2.75) is 32.5 Å². The van der Waals surface area contributed by atoms with E-state index in [1.165, 1.54) is 12.1 Å². The first-order valence-electron chi connectivity index (χ1n) is 7.52. The standard InChI is InChI=1S/C18H20BrClFNO2/c1-18(2,11-23)22-9-13-7-14(19)4-6-17(13)24-10-12-3-5-15(21)8-16(12)20/h3-8,22-23H,9-11H2,1-2H3. The van der Waals surface area contributed by atoms with Crippen molar-refractivity contribution in [2.24, 2.45) is 0 Å². The Kier molecular flexibility index (Phi) is 6.63. The number of aliphatic hydroxyl groups is 1. The SMILES string of the molecule is CC(C)(CO)NCc1cc(Br)ccc1OCc1ccc(F)cc1Cl. The molecule has 3 nitrogen and oxygen atoms in total. The fraction of sp³-hybridized carbons (Fsp3) is 0.333. The van der Waals surface area contributed by atoms with Gasteiger partial charge in [-0.2, -0.15) is 0 Å². The van der Waals surface area contributed by atoms with Crippen LogP contribution in [0.3, 0.4) is 0 Å². The molecule has 0 aromatic heterocycles. The van der Waals surface area contributed by atoms with Gasteiger partial charge in [-0.15, -0.1) is 0 Å². The van der Waals surface area contributed by atoms with E-state index in [1.54, 1.807) is 6.07 Å². The predicted molar refractivity (Wildman–Crippen MR) is 97.9 cm³/mol. The summed E-state index contributed by atoms with van der Waals surface area (Å²) in [4.78, 5) is 0. The molecule has 0 radical (unpaired) electrons. The van der Waals surface area contributed by atoms with E-state index in [9.17, 15) is 9.50 Å². The Morgan fingerprint density at radius 1 is 1.21 bits per heavy atom. The second kappa shape index (κ2) is 8.30. The van der Waals surface area contributed by atoms with Gasteiger partial charge in [-0.25, -0.2) is 4.39 Å². The molecular formula is C18H20BrClFNO2. The minimum absolute atomic E-state index is 0.0301. The molecule has 24 heavy (non-hydrogen) atoms. The summed E-state index contributed by atoms with van der Waals surface area (Å²) in [5.74, 6) is 0.336. The number of benzene rings is 2. The highest BCUT2D eigenvalue weighted by atomic mass is 79.9. The van der Waals surface area contributed by atoms with E-state index in [4.69, 9.17) is 16.3 Å². The van der Waals surface area contributed by atoms with Crippen LogP contribution in [-0.2, 0) is 13.2 Å². The van der Waals surface area contributed by atoms with Crippen LogP contribution in [0.1, 0.15) is 25.0 Å². The van der Waals surface area contributed by atoms with Gasteiger partial charge in [0, 0.05) is 27.7 Å². The van der Waals surface area contributed by atoms with E-state index in [-0.39, 0.29) is 24.6 Å². The van der Waals surface area contributed by atoms with Gasteiger partial charge in [0.05, 0.1) is 11.6 Å². The molecule has 0 saturated carbocycles. The van der Waals surface area contributed by atoms with Gasteiger partial charge < -0.3 is 15.2 Å². The van der Waals surface area contributed by atoms with Gasteiger partial charge in [-0.3, -0.25) is 0 Å².